The number of aromatic hydroxyl groups is 1. The van der Waals surface area contributed by atoms with Crippen molar-refractivity contribution in [3.8, 4) is 11.4 Å². The Morgan fingerprint density at radius 3 is 2.60 bits per heavy atom. The average Bonchev–Trinajstić information content (AvgIpc) is 3.18. The highest BCUT2D eigenvalue weighted by atomic mass is 32.2. The van der Waals surface area contributed by atoms with Crippen LogP contribution in [-0.4, -0.2) is 26.0 Å². The molecule has 0 saturated heterocycles. The van der Waals surface area contributed by atoms with E-state index in [0.29, 0.717) is 17.7 Å². The second-order valence-electron chi connectivity index (χ2n) is 6.90. The first-order valence-electron chi connectivity index (χ1n) is 9.46. The number of nitrogens with zero attached hydrogens (tertiary/aromatic N) is 3. The van der Waals surface area contributed by atoms with Crippen LogP contribution in [0.25, 0.3) is 16.7 Å². The van der Waals surface area contributed by atoms with Crippen LogP contribution in [0.3, 0.4) is 0 Å². The van der Waals surface area contributed by atoms with Crippen LogP contribution in [0.2, 0.25) is 0 Å². The Hall–Kier alpha value is -3.36. The summed E-state index contributed by atoms with van der Waals surface area (Å²) in [5.74, 6) is 5.02. The Bertz CT molecular complexity index is 1210. The van der Waals surface area contributed by atoms with Crippen LogP contribution in [0, 0.1) is 6.92 Å². The van der Waals surface area contributed by atoms with Gasteiger partial charge in [-0.2, -0.15) is 0 Å². The smallest absolute Gasteiger partial charge is 0.234 e. The summed E-state index contributed by atoms with van der Waals surface area (Å²) in [4.78, 5) is 15.1. The van der Waals surface area contributed by atoms with Crippen molar-refractivity contribution in [1.82, 2.24) is 20.4 Å². The fourth-order valence-corrected chi connectivity index (χ4v) is 4.02. The summed E-state index contributed by atoms with van der Waals surface area (Å²) in [5, 5.41) is 19.7. The molecule has 7 nitrogen and oxygen atoms in total. The number of hydrogen-bond donors (Lipinski definition) is 3. The minimum Gasteiger partial charge on any atom is -0.505 e. The molecular weight excluding hydrogens is 398 g/mol. The van der Waals surface area contributed by atoms with Crippen LogP contribution < -0.4 is 11.3 Å². The first-order valence-corrected chi connectivity index (χ1v) is 10.3. The molecule has 4 aromatic rings. The maximum Gasteiger partial charge on any atom is 0.234 e. The number of amides is 1. The number of benzene rings is 3. The minimum absolute atomic E-state index is 0.112. The summed E-state index contributed by atoms with van der Waals surface area (Å²) in [5.41, 5.74) is 5.66. The van der Waals surface area contributed by atoms with Gasteiger partial charge in [-0.05, 0) is 60.9 Å². The standard InChI is InChI=1S/C22H21N5O2S/c1-14-11-15(7-10-21(28)24-23)12-20(22(14)29)27-25-18-9-8-17(13-19(18)26-27)30-16-5-3-2-4-6-16/h2-6,8-9,11-13,29H,7,10,23H2,1H3,(H,24,28). The van der Waals surface area contributed by atoms with E-state index in [1.807, 2.05) is 49.4 Å². The fourth-order valence-electron chi connectivity index (χ4n) is 3.15. The quantitative estimate of drug-likeness (QED) is 0.251. The summed E-state index contributed by atoms with van der Waals surface area (Å²) in [6.07, 6.45) is 0.755. The monoisotopic (exact) mass is 419 g/mol. The summed E-state index contributed by atoms with van der Waals surface area (Å²) in [7, 11) is 0. The Morgan fingerprint density at radius 2 is 1.83 bits per heavy atom. The van der Waals surface area contributed by atoms with Crippen molar-refractivity contribution < 1.29 is 9.90 Å². The van der Waals surface area contributed by atoms with Crippen molar-refractivity contribution in [2.75, 3.05) is 0 Å². The van der Waals surface area contributed by atoms with E-state index in [9.17, 15) is 9.90 Å². The van der Waals surface area contributed by atoms with Gasteiger partial charge in [-0.1, -0.05) is 36.0 Å². The summed E-state index contributed by atoms with van der Waals surface area (Å²) in [6.45, 7) is 1.81. The Balaban J connectivity index is 1.65. The highest BCUT2D eigenvalue weighted by molar-refractivity contribution is 7.99. The van der Waals surface area contributed by atoms with Crippen LogP contribution in [0.4, 0.5) is 0 Å². The van der Waals surface area contributed by atoms with Crippen LogP contribution >= 0.6 is 11.8 Å². The molecule has 4 N–H and O–H groups in total. The van der Waals surface area contributed by atoms with Gasteiger partial charge in [-0.15, -0.1) is 15.0 Å². The third kappa shape index (κ3) is 4.29. The molecule has 0 fully saturated rings. The number of nitrogens with two attached hydrogens (primary N) is 1. The van der Waals surface area contributed by atoms with E-state index in [-0.39, 0.29) is 18.1 Å². The summed E-state index contributed by atoms with van der Waals surface area (Å²) >= 11 is 1.65. The first kappa shape index (κ1) is 19.9. The van der Waals surface area contributed by atoms with E-state index in [2.05, 4.69) is 27.8 Å². The van der Waals surface area contributed by atoms with Crippen molar-refractivity contribution in [1.29, 1.82) is 0 Å². The lowest BCUT2D eigenvalue weighted by Crippen LogP contribution is -2.30. The number of rotatable bonds is 6. The molecule has 0 bridgehead atoms. The number of carbonyl (C=O) groups excluding carboxylic acids is 1. The van der Waals surface area contributed by atoms with Gasteiger partial charge in [0, 0.05) is 16.2 Å². The zero-order chi connectivity index (χ0) is 21.1. The lowest BCUT2D eigenvalue weighted by molar-refractivity contribution is -0.121. The second-order valence-corrected chi connectivity index (χ2v) is 8.05. The van der Waals surface area contributed by atoms with Crippen molar-refractivity contribution in [3.05, 3.63) is 71.8 Å². The average molecular weight is 420 g/mol. The number of phenolic OH excluding ortho intramolecular Hbond substituents is 1. The van der Waals surface area contributed by atoms with Crippen LogP contribution in [0.1, 0.15) is 17.5 Å². The molecule has 0 saturated carbocycles. The highest BCUT2D eigenvalue weighted by Crippen LogP contribution is 2.31. The third-order valence-corrected chi connectivity index (χ3v) is 5.69. The first-order chi connectivity index (χ1) is 14.5. The van der Waals surface area contributed by atoms with Crippen molar-refractivity contribution in [2.24, 2.45) is 5.84 Å². The van der Waals surface area contributed by atoms with Crippen LogP contribution in [0.5, 0.6) is 5.75 Å². The zero-order valence-electron chi connectivity index (χ0n) is 16.4. The van der Waals surface area contributed by atoms with E-state index in [1.165, 1.54) is 4.80 Å². The zero-order valence-corrected chi connectivity index (χ0v) is 17.2. The maximum atomic E-state index is 11.5. The Morgan fingerprint density at radius 1 is 1.07 bits per heavy atom. The number of phenols is 1. The van der Waals surface area contributed by atoms with Gasteiger partial charge in [0.1, 0.15) is 22.5 Å². The molecule has 152 valence electrons. The van der Waals surface area contributed by atoms with E-state index in [0.717, 1.165) is 26.4 Å². The molecule has 30 heavy (non-hydrogen) atoms. The molecule has 3 aromatic carbocycles. The van der Waals surface area contributed by atoms with E-state index >= 15 is 0 Å². The molecule has 0 unspecified atom stereocenters. The van der Waals surface area contributed by atoms with Gasteiger partial charge in [0.25, 0.3) is 0 Å². The molecule has 0 radical (unpaired) electrons. The molecule has 0 aliphatic carbocycles. The van der Waals surface area contributed by atoms with Gasteiger partial charge in [-0.25, -0.2) is 5.84 Å². The molecule has 0 aliphatic rings. The number of hydrogen-bond acceptors (Lipinski definition) is 6. The molecule has 8 heteroatoms. The van der Waals surface area contributed by atoms with Gasteiger partial charge in [0.05, 0.1) is 0 Å². The molecule has 4 rings (SSSR count). The minimum atomic E-state index is -0.242. The van der Waals surface area contributed by atoms with Crippen molar-refractivity contribution in [2.45, 2.75) is 29.6 Å². The lowest BCUT2D eigenvalue weighted by Gasteiger charge is -2.10. The number of hydrazine groups is 1. The van der Waals surface area contributed by atoms with Gasteiger partial charge in [0.2, 0.25) is 5.91 Å². The predicted octanol–water partition coefficient (Wildman–Crippen LogP) is 3.51. The van der Waals surface area contributed by atoms with Crippen LogP contribution in [-0.2, 0) is 11.2 Å². The second kappa shape index (κ2) is 8.56. The SMILES string of the molecule is Cc1cc(CCC(=O)NN)cc(-n2nc3ccc(Sc4ccccc4)cc3n2)c1O. The molecule has 0 atom stereocenters. The number of aromatic nitrogens is 3. The highest BCUT2D eigenvalue weighted by Gasteiger charge is 2.14. The van der Waals surface area contributed by atoms with Gasteiger partial charge in [-0.3, -0.25) is 10.2 Å². The molecule has 1 aromatic heterocycles. The molecule has 1 heterocycles. The maximum absolute atomic E-state index is 11.5. The Labute approximate surface area is 177 Å². The van der Waals surface area contributed by atoms with E-state index in [4.69, 9.17) is 5.84 Å². The number of nitrogens with one attached hydrogen (secondary N) is 1. The third-order valence-electron chi connectivity index (χ3n) is 4.69. The molecular formula is C22H21N5O2S. The fraction of sp³-hybridized carbons (Fsp3) is 0.136. The Kier molecular flexibility index (Phi) is 5.69. The van der Waals surface area contributed by atoms with Crippen LogP contribution in [0.15, 0.2) is 70.5 Å². The number of carbonyl (C=O) groups is 1. The van der Waals surface area contributed by atoms with E-state index < -0.39 is 0 Å². The van der Waals surface area contributed by atoms with Gasteiger partial charge >= 0.3 is 0 Å². The largest absolute Gasteiger partial charge is 0.505 e. The molecule has 0 aliphatic heterocycles. The summed E-state index contributed by atoms with van der Waals surface area (Å²) in [6, 6.07) is 19.7. The molecule has 1 amide bonds. The van der Waals surface area contributed by atoms with Crippen molar-refractivity contribution >= 4 is 28.7 Å². The van der Waals surface area contributed by atoms with Gasteiger partial charge < -0.3 is 5.11 Å². The summed E-state index contributed by atoms with van der Waals surface area (Å²) < 4.78 is 0. The number of fused-ring (bicyclic) bond motifs is 1. The van der Waals surface area contributed by atoms with Crippen molar-refractivity contribution in [3.63, 3.8) is 0 Å². The van der Waals surface area contributed by atoms with E-state index in [1.54, 1.807) is 17.8 Å². The topological polar surface area (TPSA) is 106 Å². The molecule has 0 spiro atoms. The van der Waals surface area contributed by atoms with Gasteiger partial charge in [0.15, 0.2) is 0 Å². The lowest BCUT2D eigenvalue weighted by atomic mass is 10.0. The predicted molar refractivity (Wildman–Crippen MR) is 116 cm³/mol. The normalized spacial score (nSPS) is 11.0. The number of aryl methyl sites for hydroxylation is 2.